The number of anilines is 2. The van der Waals surface area contributed by atoms with Gasteiger partial charge in [-0.3, -0.25) is 4.79 Å². The van der Waals surface area contributed by atoms with Gasteiger partial charge < -0.3 is 25.2 Å². The first kappa shape index (κ1) is 18.1. The molecular weight excluding hydrogens is 308 g/mol. The normalized spacial score (nSPS) is 17.3. The quantitative estimate of drug-likeness (QED) is 0.856. The maximum absolute atomic E-state index is 11.8. The van der Waals surface area contributed by atoms with Crippen LogP contribution >= 0.6 is 0 Å². The summed E-state index contributed by atoms with van der Waals surface area (Å²) in [6.45, 7) is 4.85. The number of hydrogen-bond donors (Lipinski definition) is 2. The van der Waals surface area contributed by atoms with Crippen LogP contribution in [-0.4, -0.2) is 63.3 Å². The van der Waals surface area contributed by atoms with Crippen LogP contribution in [0, 0.1) is 0 Å². The lowest BCUT2D eigenvalue weighted by atomic mass is 10.2. The van der Waals surface area contributed by atoms with Crippen LogP contribution in [-0.2, 0) is 9.53 Å². The van der Waals surface area contributed by atoms with E-state index < -0.39 is 0 Å². The van der Waals surface area contributed by atoms with Crippen LogP contribution in [0.15, 0.2) is 24.3 Å². The van der Waals surface area contributed by atoms with E-state index >= 15 is 0 Å². The highest BCUT2D eigenvalue weighted by Gasteiger charge is 2.16. The topological polar surface area (TPSA) is 73.9 Å². The van der Waals surface area contributed by atoms with Gasteiger partial charge in [0.25, 0.3) is 0 Å². The third kappa shape index (κ3) is 5.42. The monoisotopic (exact) mass is 334 g/mol. The number of urea groups is 1. The maximum Gasteiger partial charge on any atom is 0.319 e. The molecule has 0 saturated carbocycles. The van der Waals surface area contributed by atoms with Crippen molar-refractivity contribution in [3.63, 3.8) is 0 Å². The smallest absolute Gasteiger partial charge is 0.319 e. The second kappa shape index (κ2) is 8.54. The van der Waals surface area contributed by atoms with Crippen LogP contribution < -0.4 is 15.5 Å². The van der Waals surface area contributed by atoms with Crippen LogP contribution in [0.5, 0.6) is 0 Å². The van der Waals surface area contributed by atoms with E-state index in [-0.39, 0.29) is 24.5 Å². The third-order valence-corrected chi connectivity index (χ3v) is 3.85. The zero-order valence-corrected chi connectivity index (χ0v) is 14.5. The van der Waals surface area contributed by atoms with E-state index in [9.17, 15) is 9.59 Å². The zero-order chi connectivity index (χ0) is 17.5. The Morgan fingerprint density at radius 3 is 2.62 bits per heavy atom. The van der Waals surface area contributed by atoms with Crippen LogP contribution in [0.1, 0.15) is 13.3 Å². The number of nitrogens with zero attached hydrogens (tertiary/aromatic N) is 2. The van der Waals surface area contributed by atoms with E-state index in [1.165, 1.54) is 4.90 Å². The van der Waals surface area contributed by atoms with Crippen LogP contribution in [0.25, 0.3) is 0 Å². The number of ether oxygens (including phenoxy) is 1. The molecule has 132 valence electrons. The Kier molecular flexibility index (Phi) is 6.43. The SMILES string of the molecule is C[C@H]1CN(c2ccc(NC(=O)NCCC(=O)N(C)C)cc2)CCO1. The average molecular weight is 334 g/mol. The van der Waals surface area contributed by atoms with E-state index in [0.717, 1.165) is 31.1 Å². The second-order valence-electron chi connectivity index (χ2n) is 6.09. The molecule has 0 aromatic heterocycles. The van der Waals surface area contributed by atoms with Gasteiger partial charge in [0.15, 0.2) is 0 Å². The molecule has 7 nitrogen and oxygen atoms in total. The number of benzene rings is 1. The standard InChI is InChI=1S/C17H26N4O3/c1-13-12-21(10-11-24-13)15-6-4-14(5-7-15)19-17(23)18-9-8-16(22)20(2)3/h4-7,13H,8-12H2,1-3H3,(H2,18,19,23)/t13-/m0/s1. The Morgan fingerprint density at radius 1 is 1.29 bits per heavy atom. The van der Waals surface area contributed by atoms with E-state index in [1.807, 2.05) is 24.3 Å². The van der Waals surface area contributed by atoms with Crippen molar-refractivity contribution in [2.75, 3.05) is 50.6 Å². The van der Waals surface area contributed by atoms with Gasteiger partial charge in [-0.1, -0.05) is 0 Å². The third-order valence-electron chi connectivity index (χ3n) is 3.85. The van der Waals surface area contributed by atoms with E-state index in [4.69, 9.17) is 4.74 Å². The summed E-state index contributed by atoms with van der Waals surface area (Å²) >= 11 is 0. The first-order valence-electron chi connectivity index (χ1n) is 8.17. The molecule has 7 heteroatoms. The number of rotatable bonds is 5. The van der Waals surface area contributed by atoms with Crippen molar-refractivity contribution in [3.8, 4) is 0 Å². The van der Waals surface area contributed by atoms with Gasteiger partial charge in [0.1, 0.15) is 0 Å². The number of nitrogens with one attached hydrogen (secondary N) is 2. The highest BCUT2D eigenvalue weighted by molar-refractivity contribution is 5.89. The number of morpholine rings is 1. The molecule has 2 rings (SSSR count). The summed E-state index contributed by atoms with van der Waals surface area (Å²) in [5.41, 5.74) is 1.84. The summed E-state index contributed by atoms with van der Waals surface area (Å²) in [6.07, 6.45) is 0.515. The second-order valence-corrected chi connectivity index (χ2v) is 6.09. The van der Waals surface area contributed by atoms with Crippen molar-refractivity contribution in [1.82, 2.24) is 10.2 Å². The lowest BCUT2D eigenvalue weighted by molar-refractivity contribution is -0.128. The fourth-order valence-electron chi connectivity index (χ4n) is 2.49. The fraction of sp³-hybridized carbons (Fsp3) is 0.529. The van der Waals surface area contributed by atoms with Gasteiger partial charge in [0, 0.05) is 51.5 Å². The molecule has 3 amide bonds. The molecule has 1 saturated heterocycles. The highest BCUT2D eigenvalue weighted by Crippen LogP contribution is 2.20. The van der Waals surface area contributed by atoms with Gasteiger partial charge in [-0.05, 0) is 31.2 Å². The molecule has 0 spiro atoms. The Morgan fingerprint density at radius 2 is 2.00 bits per heavy atom. The predicted octanol–water partition coefficient (Wildman–Crippen LogP) is 1.51. The minimum Gasteiger partial charge on any atom is -0.375 e. The fourth-order valence-corrected chi connectivity index (χ4v) is 2.49. The predicted molar refractivity (Wildman–Crippen MR) is 94.4 cm³/mol. The van der Waals surface area contributed by atoms with Gasteiger partial charge in [0.05, 0.1) is 12.7 Å². The Labute approximate surface area is 142 Å². The minimum atomic E-state index is -0.311. The molecule has 0 bridgehead atoms. The van der Waals surface area contributed by atoms with Crippen molar-refractivity contribution >= 4 is 23.3 Å². The average Bonchev–Trinajstić information content (AvgIpc) is 2.55. The summed E-state index contributed by atoms with van der Waals surface area (Å²) in [5, 5.41) is 5.44. The highest BCUT2D eigenvalue weighted by atomic mass is 16.5. The van der Waals surface area contributed by atoms with Gasteiger partial charge >= 0.3 is 6.03 Å². The summed E-state index contributed by atoms with van der Waals surface area (Å²) in [4.78, 5) is 27.0. The number of carbonyl (C=O) groups excluding carboxylic acids is 2. The molecule has 1 atom stereocenters. The van der Waals surface area contributed by atoms with Crippen molar-refractivity contribution in [2.24, 2.45) is 0 Å². The van der Waals surface area contributed by atoms with Crippen LogP contribution in [0.3, 0.4) is 0 Å². The largest absolute Gasteiger partial charge is 0.375 e. The van der Waals surface area contributed by atoms with Gasteiger partial charge in [-0.2, -0.15) is 0 Å². The molecule has 0 radical (unpaired) electrons. The molecule has 24 heavy (non-hydrogen) atoms. The Balaban J connectivity index is 1.78. The molecule has 0 aliphatic carbocycles. The first-order chi connectivity index (χ1) is 11.5. The van der Waals surface area contributed by atoms with Crippen molar-refractivity contribution < 1.29 is 14.3 Å². The molecule has 1 heterocycles. The number of amides is 3. The summed E-state index contributed by atoms with van der Waals surface area (Å²) in [5.74, 6) is -0.0145. The van der Waals surface area contributed by atoms with Crippen LogP contribution in [0.2, 0.25) is 0 Å². The summed E-state index contributed by atoms with van der Waals surface area (Å²) < 4.78 is 5.54. The molecule has 2 N–H and O–H groups in total. The maximum atomic E-state index is 11.8. The molecule has 1 aromatic rings. The van der Waals surface area contributed by atoms with Crippen molar-refractivity contribution in [1.29, 1.82) is 0 Å². The Hall–Kier alpha value is -2.28. The van der Waals surface area contributed by atoms with Crippen LogP contribution in [0.4, 0.5) is 16.2 Å². The molecule has 0 unspecified atom stereocenters. The van der Waals surface area contributed by atoms with Gasteiger partial charge in [-0.25, -0.2) is 4.79 Å². The number of hydrogen-bond acceptors (Lipinski definition) is 4. The molecule has 1 aromatic carbocycles. The lowest BCUT2D eigenvalue weighted by Gasteiger charge is -2.33. The zero-order valence-electron chi connectivity index (χ0n) is 14.5. The van der Waals surface area contributed by atoms with Crippen molar-refractivity contribution in [2.45, 2.75) is 19.4 Å². The molecule has 1 fully saturated rings. The van der Waals surface area contributed by atoms with Crippen molar-refractivity contribution in [3.05, 3.63) is 24.3 Å². The Bertz CT molecular complexity index is 559. The molecule has 1 aliphatic rings. The van der Waals surface area contributed by atoms with Gasteiger partial charge in [-0.15, -0.1) is 0 Å². The summed E-state index contributed by atoms with van der Waals surface area (Å²) in [7, 11) is 3.39. The minimum absolute atomic E-state index is 0.0145. The molecule has 1 aliphatic heterocycles. The first-order valence-corrected chi connectivity index (χ1v) is 8.17. The molecular formula is C17H26N4O3. The summed E-state index contributed by atoms with van der Waals surface area (Å²) in [6, 6.07) is 7.42. The van der Waals surface area contributed by atoms with E-state index in [2.05, 4.69) is 22.5 Å². The van der Waals surface area contributed by atoms with E-state index in [0.29, 0.717) is 6.54 Å². The lowest BCUT2D eigenvalue weighted by Crippen LogP contribution is -2.41. The number of carbonyl (C=O) groups is 2. The van der Waals surface area contributed by atoms with Gasteiger partial charge in [0.2, 0.25) is 5.91 Å². The van der Waals surface area contributed by atoms with E-state index in [1.54, 1.807) is 14.1 Å².